The van der Waals surface area contributed by atoms with Crippen molar-refractivity contribution in [1.29, 1.82) is 5.41 Å². The maximum absolute atomic E-state index is 13.5. The summed E-state index contributed by atoms with van der Waals surface area (Å²) in [5, 5.41) is 23.9. The third-order valence-electron chi connectivity index (χ3n) is 6.62. The van der Waals surface area contributed by atoms with Crippen LogP contribution in [0.15, 0.2) is 101 Å². The molecule has 0 aliphatic carbocycles. The zero-order valence-corrected chi connectivity index (χ0v) is 23.9. The molecule has 3 heterocycles. The molecular weight excluding hydrogens is 569 g/mol. The number of nitrogens with one attached hydrogen (secondary N) is 3. The number of anilines is 1. The van der Waals surface area contributed by atoms with Crippen LogP contribution in [0.2, 0.25) is 0 Å². The Morgan fingerprint density at radius 3 is 2.55 bits per heavy atom. The minimum absolute atomic E-state index is 0.0567. The smallest absolute Gasteiger partial charge is 0.335 e. The standard InChI is InChI=1S/C31H28FN7O5/c1-18(2)38-15-23(30(42)39(31(38)43)22-7-4-20(32)5-8-22)29(41)36-21-6-9-27(26(40)13-21)44-28-12-19(14-34-24(28)10-11-33)25-16-37(3)17-35-25/h4-18,33-34,40H,1-3H3,(H,36,41)/b24-10-,33-11?. The summed E-state index contributed by atoms with van der Waals surface area (Å²) >= 11 is 0. The zero-order chi connectivity index (χ0) is 31.5. The SMILES string of the molecule is CC(C)n1cc(C(=O)Nc2ccc(OC3=CC(c4cn(C)cn4)=CN/C3=C\C=N)c(O)c2)c(=O)n(-c2ccc(F)cc2)c1=O. The van der Waals surface area contributed by atoms with E-state index >= 15 is 0 Å². The van der Waals surface area contributed by atoms with Gasteiger partial charge in [0.25, 0.3) is 11.5 Å². The Morgan fingerprint density at radius 2 is 1.91 bits per heavy atom. The second-order valence-electron chi connectivity index (χ2n) is 10.1. The lowest BCUT2D eigenvalue weighted by Gasteiger charge is -2.19. The summed E-state index contributed by atoms with van der Waals surface area (Å²) in [6.45, 7) is 3.43. The molecule has 0 atom stereocenters. The first-order valence-corrected chi connectivity index (χ1v) is 13.4. The van der Waals surface area contributed by atoms with Crippen molar-refractivity contribution in [3.8, 4) is 17.2 Å². The highest BCUT2D eigenvalue weighted by atomic mass is 19.1. The summed E-state index contributed by atoms with van der Waals surface area (Å²) in [6.07, 6.45) is 10.6. The van der Waals surface area contributed by atoms with Gasteiger partial charge < -0.3 is 30.5 Å². The molecule has 2 aromatic heterocycles. The van der Waals surface area contributed by atoms with Crippen molar-refractivity contribution in [2.45, 2.75) is 19.9 Å². The maximum Gasteiger partial charge on any atom is 0.335 e. The maximum atomic E-state index is 13.5. The topological polar surface area (TPSA) is 156 Å². The van der Waals surface area contributed by atoms with Crippen molar-refractivity contribution < 1.29 is 19.0 Å². The largest absolute Gasteiger partial charge is 0.504 e. The molecule has 4 aromatic rings. The number of halogens is 1. The number of allylic oxidation sites excluding steroid dienone is 3. The number of rotatable bonds is 8. The minimum Gasteiger partial charge on any atom is -0.504 e. The van der Waals surface area contributed by atoms with E-state index in [4.69, 9.17) is 10.1 Å². The normalized spacial score (nSPS) is 13.7. The first kappa shape index (κ1) is 29.5. The van der Waals surface area contributed by atoms with Crippen LogP contribution in [0, 0.1) is 11.2 Å². The van der Waals surface area contributed by atoms with Gasteiger partial charge in [-0.15, -0.1) is 0 Å². The number of nitrogens with zero attached hydrogens (tertiary/aromatic N) is 4. The third kappa shape index (κ3) is 5.97. The average molecular weight is 598 g/mol. The zero-order valence-electron chi connectivity index (χ0n) is 23.9. The van der Waals surface area contributed by atoms with Crippen LogP contribution in [-0.2, 0) is 7.05 Å². The van der Waals surface area contributed by atoms with Gasteiger partial charge in [0.15, 0.2) is 17.3 Å². The van der Waals surface area contributed by atoms with Crippen molar-refractivity contribution >= 4 is 23.4 Å². The Labute approximate surface area is 250 Å². The number of aryl methyl sites for hydroxylation is 1. The number of dihydropyridines is 1. The molecule has 2 aromatic carbocycles. The summed E-state index contributed by atoms with van der Waals surface area (Å²) in [5.74, 6) is -1.32. The van der Waals surface area contributed by atoms with E-state index in [1.807, 2.05) is 13.2 Å². The number of carbonyl (C=O) groups is 1. The number of carbonyl (C=O) groups excluding carboxylic acids is 1. The number of benzene rings is 2. The number of amides is 1. The van der Waals surface area contributed by atoms with Crippen molar-refractivity contribution in [1.82, 2.24) is 24.0 Å². The monoisotopic (exact) mass is 597 g/mol. The van der Waals surface area contributed by atoms with Crippen molar-refractivity contribution in [2.24, 2.45) is 7.05 Å². The van der Waals surface area contributed by atoms with Crippen LogP contribution in [0.1, 0.15) is 35.9 Å². The third-order valence-corrected chi connectivity index (χ3v) is 6.62. The average Bonchev–Trinajstić information content (AvgIpc) is 3.42. The lowest BCUT2D eigenvalue weighted by atomic mass is 10.1. The molecule has 1 aliphatic rings. The fourth-order valence-corrected chi connectivity index (χ4v) is 4.41. The predicted molar refractivity (Wildman–Crippen MR) is 163 cm³/mol. The van der Waals surface area contributed by atoms with E-state index in [9.17, 15) is 23.9 Å². The van der Waals surface area contributed by atoms with E-state index in [2.05, 4.69) is 15.6 Å². The van der Waals surface area contributed by atoms with Gasteiger partial charge in [-0.25, -0.2) is 18.7 Å². The lowest BCUT2D eigenvalue weighted by molar-refractivity contribution is 0.102. The molecule has 44 heavy (non-hydrogen) atoms. The number of aromatic hydroxyl groups is 1. The van der Waals surface area contributed by atoms with Crippen molar-refractivity contribution in [2.75, 3.05) is 5.32 Å². The molecule has 4 N–H and O–H groups in total. The Kier molecular flexibility index (Phi) is 8.11. The first-order valence-electron chi connectivity index (χ1n) is 13.4. The number of phenols is 1. The quantitative estimate of drug-likeness (QED) is 0.225. The minimum atomic E-state index is -0.890. The summed E-state index contributed by atoms with van der Waals surface area (Å²) in [6, 6.07) is 8.51. The predicted octanol–water partition coefficient (Wildman–Crippen LogP) is 3.85. The summed E-state index contributed by atoms with van der Waals surface area (Å²) in [4.78, 5) is 44.0. The second kappa shape index (κ2) is 12.1. The van der Waals surface area contributed by atoms with Gasteiger partial charge in [-0.3, -0.25) is 14.2 Å². The highest BCUT2D eigenvalue weighted by Gasteiger charge is 2.21. The van der Waals surface area contributed by atoms with E-state index < -0.39 is 29.0 Å². The summed E-state index contributed by atoms with van der Waals surface area (Å²) < 4.78 is 23.3. The molecule has 0 bridgehead atoms. The second-order valence-corrected chi connectivity index (χ2v) is 10.1. The van der Waals surface area contributed by atoms with Gasteiger partial charge in [0.1, 0.15) is 11.4 Å². The van der Waals surface area contributed by atoms with E-state index in [1.54, 1.807) is 37.0 Å². The fourth-order valence-electron chi connectivity index (χ4n) is 4.41. The van der Waals surface area contributed by atoms with Gasteiger partial charge in [-0.1, -0.05) is 0 Å². The lowest BCUT2D eigenvalue weighted by Crippen LogP contribution is -2.42. The van der Waals surface area contributed by atoms with E-state index in [0.717, 1.165) is 22.9 Å². The Bertz CT molecular complexity index is 1980. The number of aromatic nitrogens is 4. The van der Waals surface area contributed by atoms with Gasteiger partial charge in [-0.2, -0.15) is 0 Å². The molecule has 13 heteroatoms. The molecular formula is C31H28FN7O5. The van der Waals surface area contributed by atoms with Crippen LogP contribution >= 0.6 is 0 Å². The number of imidazole rings is 1. The molecule has 0 unspecified atom stereocenters. The van der Waals surface area contributed by atoms with E-state index in [1.165, 1.54) is 47.2 Å². The Morgan fingerprint density at radius 1 is 1.16 bits per heavy atom. The van der Waals surface area contributed by atoms with Crippen LogP contribution in [-0.4, -0.2) is 35.9 Å². The Balaban J connectivity index is 1.43. The van der Waals surface area contributed by atoms with Crippen LogP contribution in [0.3, 0.4) is 0 Å². The van der Waals surface area contributed by atoms with Crippen LogP contribution in [0.5, 0.6) is 11.5 Å². The molecule has 0 fully saturated rings. The summed E-state index contributed by atoms with van der Waals surface area (Å²) in [7, 11) is 1.84. The van der Waals surface area contributed by atoms with Gasteiger partial charge >= 0.3 is 5.69 Å². The van der Waals surface area contributed by atoms with Gasteiger partial charge in [0.2, 0.25) is 0 Å². The van der Waals surface area contributed by atoms with Crippen LogP contribution in [0.25, 0.3) is 11.3 Å². The van der Waals surface area contributed by atoms with Crippen molar-refractivity contribution in [3.05, 3.63) is 129 Å². The first-order chi connectivity index (χ1) is 21.0. The molecule has 0 saturated heterocycles. The molecule has 1 amide bonds. The molecule has 1 aliphatic heterocycles. The Hall–Kier alpha value is -5.98. The molecule has 224 valence electrons. The van der Waals surface area contributed by atoms with Crippen LogP contribution < -0.4 is 26.6 Å². The van der Waals surface area contributed by atoms with Gasteiger partial charge in [-0.05, 0) is 62.4 Å². The number of ether oxygens (including phenoxy) is 1. The highest BCUT2D eigenvalue weighted by Crippen LogP contribution is 2.33. The van der Waals surface area contributed by atoms with Crippen LogP contribution in [0.4, 0.5) is 10.1 Å². The molecule has 0 saturated carbocycles. The summed E-state index contributed by atoms with van der Waals surface area (Å²) in [5.41, 5.74) is 0.198. The van der Waals surface area contributed by atoms with Gasteiger partial charge in [0.05, 0.1) is 23.4 Å². The number of hydrogen-bond acceptors (Lipinski definition) is 8. The number of phenolic OH excluding ortho intramolecular Hbond substituents is 1. The van der Waals surface area contributed by atoms with Gasteiger partial charge in [0, 0.05) is 55.2 Å². The molecule has 5 rings (SSSR count). The molecule has 0 spiro atoms. The fraction of sp³-hybridized carbons (Fsp3) is 0.129. The number of hydrogen-bond donors (Lipinski definition) is 4. The highest BCUT2D eigenvalue weighted by molar-refractivity contribution is 6.04. The van der Waals surface area contributed by atoms with E-state index in [0.29, 0.717) is 22.7 Å². The molecule has 12 nitrogen and oxygen atoms in total. The van der Waals surface area contributed by atoms with E-state index in [-0.39, 0.29) is 28.4 Å². The van der Waals surface area contributed by atoms with Crippen molar-refractivity contribution in [3.63, 3.8) is 0 Å². The molecule has 0 radical (unpaired) electrons.